The molecule has 0 spiro atoms. The molecule has 5 rings (SSSR count). The predicted octanol–water partition coefficient (Wildman–Crippen LogP) is 5.58. The number of furan rings is 1. The zero-order valence-corrected chi connectivity index (χ0v) is 19.4. The Labute approximate surface area is 202 Å². The van der Waals surface area contributed by atoms with Gasteiger partial charge >= 0.3 is 0 Å². The number of hydrogen-bond acceptors (Lipinski definition) is 7. The van der Waals surface area contributed by atoms with Crippen molar-refractivity contribution in [3.8, 4) is 22.8 Å². The SMILES string of the molecule is O=C(CSc1nnc(-c2ccco2)n1Cc1ccccc1)Nc1nc(-c2ccc(F)cc2)cs1. The van der Waals surface area contributed by atoms with Crippen LogP contribution in [0.5, 0.6) is 0 Å². The van der Waals surface area contributed by atoms with E-state index in [0.29, 0.717) is 34.1 Å². The van der Waals surface area contributed by atoms with Gasteiger partial charge in [-0.05, 0) is 42.0 Å². The minimum atomic E-state index is -0.306. The van der Waals surface area contributed by atoms with E-state index in [9.17, 15) is 9.18 Å². The van der Waals surface area contributed by atoms with Gasteiger partial charge in [-0.1, -0.05) is 42.1 Å². The average Bonchev–Trinajstić information content (AvgIpc) is 3.61. The van der Waals surface area contributed by atoms with E-state index >= 15 is 0 Å². The zero-order chi connectivity index (χ0) is 23.3. The maximum atomic E-state index is 13.1. The smallest absolute Gasteiger partial charge is 0.236 e. The van der Waals surface area contributed by atoms with Gasteiger partial charge in [0, 0.05) is 10.9 Å². The molecule has 0 radical (unpaired) electrons. The van der Waals surface area contributed by atoms with Crippen molar-refractivity contribution in [2.24, 2.45) is 0 Å². The molecule has 0 bridgehead atoms. The summed E-state index contributed by atoms with van der Waals surface area (Å²) in [6, 6.07) is 19.6. The molecule has 3 aromatic heterocycles. The molecule has 7 nitrogen and oxygen atoms in total. The van der Waals surface area contributed by atoms with Gasteiger partial charge in [-0.2, -0.15) is 0 Å². The first-order valence-electron chi connectivity index (χ1n) is 10.3. The van der Waals surface area contributed by atoms with Crippen LogP contribution in [0.15, 0.2) is 87.9 Å². The van der Waals surface area contributed by atoms with E-state index in [2.05, 4.69) is 20.5 Å². The molecule has 2 aromatic carbocycles. The number of hydrogen-bond donors (Lipinski definition) is 1. The molecule has 0 aliphatic carbocycles. The number of carbonyl (C=O) groups is 1. The minimum absolute atomic E-state index is 0.135. The van der Waals surface area contributed by atoms with Gasteiger partial charge in [0.25, 0.3) is 0 Å². The molecule has 10 heteroatoms. The lowest BCUT2D eigenvalue weighted by molar-refractivity contribution is -0.113. The first-order chi connectivity index (χ1) is 16.7. The van der Waals surface area contributed by atoms with Gasteiger partial charge in [0.05, 0.1) is 24.3 Å². The summed E-state index contributed by atoms with van der Waals surface area (Å²) in [4.78, 5) is 17.0. The van der Waals surface area contributed by atoms with Crippen LogP contribution in [0.1, 0.15) is 5.56 Å². The highest BCUT2D eigenvalue weighted by Gasteiger charge is 2.18. The van der Waals surface area contributed by atoms with E-state index in [-0.39, 0.29) is 17.5 Å². The second-order valence-electron chi connectivity index (χ2n) is 7.24. The van der Waals surface area contributed by atoms with Crippen molar-refractivity contribution < 1.29 is 13.6 Å². The molecule has 3 heterocycles. The highest BCUT2D eigenvalue weighted by atomic mass is 32.2. The van der Waals surface area contributed by atoms with Gasteiger partial charge in [-0.25, -0.2) is 9.37 Å². The highest BCUT2D eigenvalue weighted by molar-refractivity contribution is 7.99. The van der Waals surface area contributed by atoms with E-state index in [1.807, 2.05) is 46.3 Å². The van der Waals surface area contributed by atoms with E-state index in [1.165, 1.54) is 35.2 Å². The van der Waals surface area contributed by atoms with Gasteiger partial charge in [0.15, 0.2) is 16.0 Å². The number of thiazole rings is 1. The zero-order valence-electron chi connectivity index (χ0n) is 17.7. The fourth-order valence-corrected chi connectivity index (χ4v) is 4.74. The first-order valence-corrected chi connectivity index (χ1v) is 12.2. The average molecular weight is 492 g/mol. The van der Waals surface area contributed by atoms with Crippen LogP contribution in [0.2, 0.25) is 0 Å². The summed E-state index contributed by atoms with van der Waals surface area (Å²) in [5, 5.41) is 14.3. The van der Waals surface area contributed by atoms with Crippen LogP contribution in [-0.2, 0) is 11.3 Å². The first kappa shape index (κ1) is 22.1. The molecular weight excluding hydrogens is 473 g/mol. The van der Waals surface area contributed by atoms with Crippen LogP contribution in [0.25, 0.3) is 22.8 Å². The topological polar surface area (TPSA) is 85.8 Å². The third kappa shape index (κ3) is 5.08. The van der Waals surface area contributed by atoms with Crippen molar-refractivity contribution in [1.29, 1.82) is 0 Å². The van der Waals surface area contributed by atoms with Crippen LogP contribution in [-0.4, -0.2) is 31.4 Å². The molecule has 0 saturated carbocycles. The van der Waals surface area contributed by atoms with Crippen molar-refractivity contribution in [3.63, 3.8) is 0 Å². The highest BCUT2D eigenvalue weighted by Crippen LogP contribution is 2.27. The number of rotatable bonds is 8. The molecule has 0 aliphatic rings. The van der Waals surface area contributed by atoms with Crippen molar-refractivity contribution in [2.75, 3.05) is 11.1 Å². The van der Waals surface area contributed by atoms with Crippen molar-refractivity contribution in [2.45, 2.75) is 11.7 Å². The number of benzene rings is 2. The molecule has 5 aromatic rings. The lowest BCUT2D eigenvalue weighted by Gasteiger charge is -2.09. The number of amides is 1. The van der Waals surface area contributed by atoms with Crippen molar-refractivity contribution in [3.05, 3.63) is 89.8 Å². The Hall–Kier alpha value is -3.76. The Balaban J connectivity index is 1.27. The second-order valence-corrected chi connectivity index (χ2v) is 9.04. The number of nitrogens with one attached hydrogen (secondary N) is 1. The largest absolute Gasteiger partial charge is 0.461 e. The predicted molar refractivity (Wildman–Crippen MR) is 130 cm³/mol. The van der Waals surface area contributed by atoms with Crippen LogP contribution >= 0.6 is 23.1 Å². The summed E-state index contributed by atoms with van der Waals surface area (Å²) in [5.74, 6) is 0.825. The third-order valence-corrected chi connectivity index (χ3v) is 6.59. The van der Waals surface area contributed by atoms with Crippen LogP contribution < -0.4 is 5.32 Å². The number of aromatic nitrogens is 4. The Bertz CT molecular complexity index is 1380. The fraction of sp³-hybridized carbons (Fsp3) is 0.0833. The maximum absolute atomic E-state index is 13.1. The molecule has 0 atom stereocenters. The van der Waals surface area contributed by atoms with E-state index in [0.717, 1.165) is 11.1 Å². The molecule has 0 aliphatic heterocycles. The van der Waals surface area contributed by atoms with Crippen LogP contribution in [0.4, 0.5) is 9.52 Å². The number of carbonyl (C=O) groups excluding carboxylic acids is 1. The van der Waals surface area contributed by atoms with E-state index in [1.54, 1.807) is 24.5 Å². The quantitative estimate of drug-likeness (QED) is 0.285. The molecule has 0 unspecified atom stereocenters. The molecule has 1 amide bonds. The van der Waals surface area contributed by atoms with E-state index < -0.39 is 0 Å². The van der Waals surface area contributed by atoms with Crippen LogP contribution in [0.3, 0.4) is 0 Å². The summed E-state index contributed by atoms with van der Waals surface area (Å²) in [6.07, 6.45) is 1.59. The Kier molecular flexibility index (Phi) is 6.50. The number of nitrogens with zero attached hydrogens (tertiary/aromatic N) is 4. The van der Waals surface area contributed by atoms with Crippen molar-refractivity contribution in [1.82, 2.24) is 19.7 Å². The normalized spacial score (nSPS) is 11.0. The van der Waals surface area contributed by atoms with Gasteiger partial charge in [0.2, 0.25) is 11.7 Å². The monoisotopic (exact) mass is 491 g/mol. The number of anilines is 1. The number of halogens is 1. The van der Waals surface area contributed by atoms with Gasteiger partial charge in [0.1, 0.15) is 5.82 Å². The van der Waals surface area contributed by atoms with Gasteiger partial charge < -0.3 is 9.73 Å². The molecule has 0 saturated heterocycles. The summed E-state index contributed by atoms with van der Waals surface area (Å²) in [6.45, 7) is 0.543. The fourth-order valence-electron chi connectivity index (χ4n) is 3.26. The molecule has 170 valence electrons. The Morgan fingerprint density at radius 3 is 2.65 bits per heavy atom. The summed E-state index contributed by atoms with van der Waals surface area (Å²) in [5.41, 5.74) is 2.54. The standard InChI is InChI=1S/C24H18FN5O2S2/c25-18-10-8-17(9-11-18)19-14-33-23(26-19)27-21(31)15-34-24-29-28-22(20-7-4-12-32-20)30(24)13-16-5-2-1-3-6-16/h1-12,14H,13,15H2,(H,26,27,31). The Morgan fingerprint density at radius 2 is 1.88 bits per heavy atom. The van der Waals surface area contributed by atoms with Crippen molar-refractivity contribution >= 4 is 34.1 Å². The molecule has 34 heavy (non-hydrogen) atoms. The number of thioether (sulfide) groups is 1. The summed E-state index contributed by atoms with van der Waals surface area (Å²) >= 11 is 2.60. The lowest BCUT2D eigenvalue weighted by atomic mass is 10.2. The second kappa shape index (κ2) is 10.0. The maximum Gasteiger partial charge on any atom is 0.236 e. The summed E-state index contributed by atoms with van der Waals surface area (Å²) < 4.78 is 20.6. The van der Waals surface area contributed by atoms with Gasteiger partial charge in [-0.3, -0.25) is 9.36 Å². The van der Waals surface area contributed by atoms with E-state index in [4.69, 9.17) is 4.42 Å². The summed E-state index contributed by atoms with van der Waals surface area (Å²) in [7, 11) is 0. The molecule has 0 fully saturated rings. The lowest BCUT2D eigenvalue weighted by Crippen LogP contribution is -2.14. The molecular formula is C24H18FN5O2S2. The third-order valence-electron chi connectivity index (χ3n) is 4.86. The molecule has 1 N–H and O–H groups in total. The minimum Gasteiger partial charge on any atom is -0.461 e. The Morgan fingerprint density at radius 1 is 1.06 bits per heavy atom. The van der Waals surface area contributed by atoms with Gasteiger partial charge in [-0.15, -0.1) is 21.5 Å². The van der Waals surface area contributed by atoms with Crippen LogP contribution in [0, 0.1) is 5.82 Å².